The van der Waals surface area contributed by atoms with Crippen molar-refractivity contribution < 1.29 is 33.6 Å². The summed E-state index contributed by atoms with van der Waals surface area (Å²) in [6.45, 7) is 3.39. The van der Waals surface area contributed by atoms with Crippen LogP contribution in [0, 0.1) is 0 Å². The van der Waals surface area contributed by atoms with Gasteiger partial charge in [-0.3, -0.25) is 0 Å². The number of aryl methyl sites for hydroxylation is 1. The average molecular weight is 797 g/mol. The molecule has 0 radical (unpaired) electrons. The van der Waals surface area contributed by atoms with Crippen molar-refractivity contribution in [2.24, 2.45) is 0 Å². The minimum atomic E-state index is -1.12. The molecule has 0 aromatic heterocycles. The molecule has 1 heterocycles. The van der Waals surface area contributed by atoms with E-state index in [4.69, 9.17) is 35.3 Å². The van der Waals surface area contributed by atoms with Gasteiger partial charge in [-0.05, 0) is 63.4 Å². The Morgan fingerprint density at radius 1 is 0.586 bits per heavy atom. The second-order valence-electron chi connectivity index (χ2n) is 14.6. The summed E-state index contributed by atoms with van der Waals surface area (Å²) < 4.78 is 34.1. The zero-order valence-electron chi connectivity index (χ0n) is 32.6. The molecule has 0 aliphatic carbocycles. The van der Waals surface area contributed by atoms with Crippen molar-refractivity contribution in [3.8, 4) is 0 Å². The van der Waals surface area contributed by atoms with E-state index in [1.165, 1.54) is 11.6 Å². The normalized spacial score (nSPS) is 19.2. The van der Waals surface area contributed by atoms with Crippen molar-refractivity contribution in [2.75, 3.05) is 6.61 Å². The van der Waals surface area contributed by atoms with Gasteiger partial charge in [0.1, 0.15) is 30.5 Å². The van der Waals surface area contributed by atoms with Crippen LogP contribution in [0.15, 0.2) is 158 Å². The summed E-state index contributed by atoms with van der Waals surface area (Å²) in [6, 6.07) is 51.5. The van der Waals surface area contributed by atoms with Crippen LogP contribution in [0.3, 0.4) is 0 Å². The summed E-state index contributed by atoms with van der Waals surface area (Å²) in [4.78, 5) is 13.1. The molecule has 6 aromatic rings. The van der Waals surface area contributed by atoms with Gasteiger partial charge in [0.25, 0.3) is 0 Å². The van der Waals surface area contributed by atoms with Crippen molar-refractivity contribution in [1.29, 1.82) is 0 Å². The predicted molar refractivity (Wildman–Crippen MR) is 226 cm³/mol. The molecule has 58 heavy (non-hydrogen) atoms. The first-order valence-electron chi connectivity index (χ1n) is 19.8. The van der Waals surface area contributed by atoms with Gasteiger partial charge in [0.2, 0.25) is 0 Å². The monoisotopic (exact) mass is 796 g/mol. The van der Waals surface area contributed by atoms with Crippen molar-refractivity contribution in [1.82, 2.24) is 0 Å². The van der Waals surface area contributed by atoms with E-state index in [1.807, 2.05) is 127 Å². The molecule has 6 aromatic carbocycles. The van der Waals surface area contributed by atoms with Gasteiger partial charge in [0.05, 0.1) is 38.6 Å². The van der Waals surface area contributed by atoms with Crippen LogP contribution in [-0.2, 0) is 63.0 Å². The number of carboxylic acid groups (broad SMARTS) is 1. The minimum absolute atomic E-state index is 0.0304. The highest BCUT2D eigenvalue weighted by molar-refractivity contribution is 6.31. The first-order chi connectivity index (χ1) is 28.4. The van der Waals surface area contributed by atoms with E-state index < -0.39 is 36.5 Å². The highest BCUT2D eigenvalue weighted by Gasteiger charge is 2.50. The molecule has 0 saturated carbocycles. The van der Waals surface area contributed by atoms with Crippen LogP contribution in [0.5, 0.6) is 0 Å². The number of carboxylic acids is 1. The van der Waals surface area contributed by atoms with Crippen LogP contribution >= 0.6 is 11.6 Å². The zero-order valence-corrected chi connectivity index (χ0v) is 33.4. The third kappa shape index (κ3) is 10.9. The smallest absolute Gasteiger partial charge is 0.336 e. The molecule has 1 saturated heterocycles. The van der Waals surface area contributed by atoms with Crippen molar-refractivity contribution in [3.63, 3.8) is 0 Å². The van der Waals surface area contributed by atoms with Crippen LogP contribution in [0.1, 0.15) is 67.9 Å². The Bertz CT molecular complexity index is 2170. The Kier molecular flexibility index (Phi) is 14.5. The summed E-state index contributed by atoms with van der Waals surface area (Å²) in [5.41, 5.74) is 7.46. The summed E-state index contributed by atoms with van der Waals surface area (Å²) >= 11 is 6.89. The van der Waals surface area contributed by atoms with E-state index in [1.54, 1.807) is 0 Å². The van der Waals surface area contributed by atoms with Gasteiger partial charge in [-0.25, -0.2) is 4.79 Å². The molecule has 0 bridgehead atoms. The molecule has 5 atom stereocenters. The first-order valence-corrected chi connectivity index (χ1v) is 20.2. The molecule has 1 aliphatic heterocycles. The average Bonchev–Trinajstić information content (AvgIpc) is 3.26. The number of aromatic carboxylic acids is 1. The molecular formula is C50H49ClO7. The molecule has 1 fully saturated rings. The standard InChI is InChI=1S/C50H49ClO7/c1-2-35-23-25-36(26-24-35)27-41-28-42(43(50(52)53)29-44(41)51)46-48(56-32-39-19-11-5-12-20-39)49(57-33-40-21-13-6-14-22-40)47(55-31-38-17-9-4-10-18-38)45(58-46)34-54-30-37-15-7-3-8-16-37/h3-26,28-29,45-49H,2,27,30-34H2,1H3,(H,52,53)/t45-,46+,47-,48+,49+/m1/s1. The maximum atomic E-state index is 13.1. The van der Waals surface area contributed by atoms with Gasteiger partial charge in [0.15, 0.2) is 0 Å². The van der Waals surface area contributed by atoms with Crippen LogP contribution in [0.2, 0.25) is 5.02 Å². The largest absolute Gasteiger partial charge is 0.478 e. The number of halogens is 1. The lowest BCUT2D eigenvalue weighted by molar-refractivity contribution is -0.275. The van der Waals surface area contributed by atoms with Gasteiger partial charge < -0.3 is 28.8 Å². The van der Waals surface area contributed by atoms with Crippen LogP contribution < -0.4 is 0 Å². The van der Waals surface area contributed by atoms with Gasteiger partial charge in [-0.1, -0.05) is 170 Å². The van der Waals surface area contributed by atoms with E-state index >= 15 is 0 Å². The van der Waals surface area contributed by atoms with Gasteiger partial charge >= 0.3 is 5.97 Å². The molecule has 0 amide bonds. The molecular weight excluding hydrogens is 748 g/mol. The molecule has 0 unspecified atom stereocenters. The van der Waals surface area contributed by atoms with Gasteiger partial charge in [-0.2, -0.15) is 0 Å². The third-order valence-electron chi connectivity index (χ3n) is 10.5. The predicted octanol–water partition coefficient (Wildman–Crippen LogP) is 10.6. The summed E-state index contributed by atoms with van der Waals surface area (Å²) in [5, 5.41) is 11.1. The van der Waals surface area contributed by atoms with Gasteiger partial charge in [0, 0.05) is 5.02 Å². The zero-order chi connectivity index (χ0) is 40.1. The molecule has 8 heteroatoms. The number of hydrogen-bond donors (Lipinski definition) is 1. The van der Waals surface area contributed by atoms with Crippen molar-refractivity contribution >= 4 is 17.6 Å². The fraction of sp³-hybridized carbons (Fsp3) is 0.260. The molecule has 7 rings (SSSR count). The Balaban J connectivity index is 1.32. The Hall–Kier alpha value is -5.12. The summed E-state index contributed by atoms with van der Waals surface area (Å²) in [5.74, 6) is -1.12. The highest BCUT2D eigenvalue weighted by Crippen LogP contribution is 2.41. The van der Waals surface area contributed by atoms with Crippen molar-refractivity contribution in [3.05, 3.63) is 213 Å². The lowest BCUT2D eigenvalue weighted by Crippen LogP contribution is -2.58. The van der Waals surface area contributed by atoms with Crippen LogP contribution in [-0.4, -0.2) is 42.1 Å². The second kappa shape index (κ2) is 20.5. The van der Waals surface area contributed by atoms with Gasteiger partial charge in [-0.15, -0.1) is 0 Å². The molecule has 298 valence electrons. The Labute approximate surface area is 346 Å². The van der Waals surface area contributed by atoms with E-state index in [9.17, 15) is 9.90 Å². The Morgan fingerprint density at radius 2 is 1.05 bits per heavy atom. The lowest BCUT2D eigenvalue weighted by Gasteiger charge is -2.46. The van der Waals surface area contributed by atoms with E-state index in [0.29, 0.717) is 23.6 Å². The van der Waals surface area contributed by atoms with E-state index in [0.717, 1.165) is 39.8 Å². The Morgan fingerprint density at radius 3 is 1.55 bits per heavy atom. The number of hydrogen-bond acceptors (Lipinski definition) is 6. The maximum absolute atomic E-state index is 13.1. The fourth-order valence-electron chi connectivity index (χ4n) is 7.35. The van der Waals surface area contributed by atoms with Crippen LogP contribution in [0.25, 0.3) is 0 Å². The number of benzene rings is 6. The lowest BCUT2D eigenvalue weighted by atomic mass is 9.87. The fourth-order valence-corrected chi connectivity index (χ4v) is 7.58. The molecule has 1 aliphatic rings. The molecule has 7 nitrogen and oxygen atoms in total. The molecule has 1 N–H and O–H groups in total. The highest BCUT2D eigenvalue weighted by atomic mass is 35.5. The first kappa shape index (κ1) is 41.1. The van der Waals surface area contributed by atoms with Crippen LogP contribution in [0.4, 0.5) is 0 Å². The quantitative estimate of drug-likeness (QED) is 0.0927. The minimum Gasteiger partial charge on any atom is -0.478 e. The van der Waals surface area contributed by atoms with E-state index in [2.05, 4.69) is 31.2 Å². The number of rotatable bonds is 18. The van der Waals surface area contributed by atoms with Crippen molar-refractivity contribution in [2.45, 2.75) is 76.7 Å². The summed E-state index contributed by atoms with van der Waals surface area (Å²) in [7, 11) is 0. The topological polar surface area (TPSA) is 83.5 Å². The van der Waals surface area contributed by atoms with E-state index in [-0.39, 0.29) is 32.0 Å². The molecule has 0 spiro atoms. The summed E-state index contributed by atoms with van der Waals surface area (Å²) in [6.07, 6.45) is -2.37. The second-order valence-corrected chi connectivity index (χ2v) is 15.0. The third-order valence-corrected chi connectivity index (χ3v) is 10.8. The number of ether oxygens (including phenoxy) is 5. The number of carbonyl (C=O) groups is 1. The SMILES string of the molecule is CCc1ccc(Cc2cc([C@@H]3O[C@H](COCc4ccccc4)[C@@H](OCc4ccccc4)[C@H](OCc4ccccc4)[C@H]3OCc3ccccc3)c(C(=O)O)cc2Cl)cc1. The maximum Gasteiger partial charge on any atom is 0.336 e.